The Kier molecular flexibility index (Phi) is 3.91. The van der Waals surface area contributed by atoms with Crippen molar-refractivity contribution in [2.24, 2.45) is 0 Å². The summed E-state index contributed by atoms with van der Waals surface area (Å²) < 4.78 is 4.86. The van der Waals surface area contributed by atoms with E-state index in [1.54, 1.807) is 0 Å². The molecule has 0 atom stereocenters. The van der Waals surface area contributed by atoms with E-state index in [1.807, 2.05) is 39.8 Å². The molecule has 0 unspecified atom stereocenters. The first-order valence-electron chi connectivity index (χ1n) is 8.04. The lowest BCUT2D eigenvalue weighted by atomic mass is 9.92. The second kappa shape index (κ2) is 5.78. The zero-order chi connectivity index (χ0) is 17.6. The predicted molar refractivity (Wildman–Crippen MR) is 95.8 cm³/mol. The number of fused-ring (bicyclic) bond motifs is 2. The van der Waals surface area contributed by atoms with E-state index in [0.717, 1.165) is 39.5 Å². The number of benzene rings is 2. The van der Waals surface area contributed by atoms with Crippen molar-refractivity contribution in [1.29, 1.82) is 0 Å². The third kappa shape index (κ3) is 2.21. The zero-order valence-corrected chi connectivity index (χ0v) is 14.7. The molecular weight excluding hydrogens is 302 g/mol. The Bertz CT molecular complexity index is 990. The van der Waals surface area contributed by atoms with Crippen molar-refractivity contribution in [1.82, 2.24) is 4.98 Å². The lowest BCUT2D eigenvalue weighted by Crippen LogP contribution is -2.08. The molecule has 3 rings (SSSR count). The summed E-state index contributed by atoms with van der Waals surface area (Å²) >= 11 is 0. The number of aromatic nitrogens is 1. The Balaban J connectivity index is 2.60. The van der Waals surface area contributed by atoms with Crippen LogP contribution in [0.5, 0.6) is 5.75 Å². The summed E-state index contributed by atoms with van der Waals surface area (Å²) in [6.45, 7) is 7.82. The number of ether oxygens (including phenoxy) is 1. The molecule has 2 aromatic carbocycles. The minimum atomic E-state index is -0.526. The number of hydrogen-bond acceptors (Lipinski definition) is 4. The van der Waals surface area contributed by atoms with Crippen LogP contribution in [-0.2, 0) is 11.2 Å². The van der Waals surface area contributed by atoms with Crippen molar-refractivity contribution in [2.45, 2.75) is 34.1 Å². The molecule has 124 valence electrons. The van der Waals surface area contributed by atoms with Gasteiger partial charge in [0.1, 0.15) is 11.3 Å². The largest absolute Gasteiger partial charge is 0.506 e. The van der Waals surface area contributed by atoms with Gasteiger partial charge >= 0.3 is 5.97 Å². The van der Waals surface area contributed by atoms with E-state index >= 15 is 0 Å². The summed E-state index contributed by atoms with van der Waals surface area (Å²) in [7, 11) is 1.32. The molecule has 3 aromatic rings. The number of hydrogen-bond donors (Lipinski definition) is 1. The number of aromatic hydroxyl groups is 1. The van der Waals surface area contributed by atoms with Gasteiger partial charge in [0, 0.05) is 10.8 Å². The summed E-state index contributed by atoms with van der Waals surface area (Å²) in [5, 5.41) is 12.5. The second-order valence-corrected chi connectivity index (χ2v) is 6.15. The number of rotatable bonds is 2. The van der Waals surface area contributed by atoms with Crippen molar-refractivity contribution in [3.63, 3.8) is 0 Å². The van der Waals surface area contributed by atoms with Crippen molar-refractivity contribution >= 4 is 27.8 Å². The van der Waals surface area contributed by atoms with E-state index in [2.05, 4.69) is 6.07 Å². The highest BCUT2D eigenvalue weighted by molar-refractivity contribution is 6.08. The van der Waals surface area contributed by atoms with Gasteiger partial charge in [0.25, 0.3) is 0 Å². The van der Waals surface area contributed by atoms with Crippen LogP contribution in [0.3, 0.4) is 0 Å². The molecule has 0 spiro atoms. The van der Waals surface area contributed by atoms with Crippen LogP contribution < -0.4 is 0 Å². The van der Waals surface area contributed by atoms with E-state index in [0.29, 0.717) is 10.9 Å². The molecular formula is C20H21NO3. The van der Waals surface area contributed by atoms with Gasteiger partial charge in [-0.25, -0.2) is 9.78 Å². The summed E-state index contributed by atoms with van der Waals surface area (Å²) in [6.07, 6.45) is 0.732. The van der Waals surface area contributed by atoms with Crippen molar-refractivity contribution in [3.05, 3.63) is 46.0 Å². The van der Waals surface area contributed by atoms with Gasteiger partial charge in [-0.15, -0.1) is 0 Å². The average molecular weight is 323 g/mol. The maximum Gasteiger partial charge on any atom is 0.341 e. The van der Waals surface area contributed by atoms with Crippen LogP contribution in [0.1, 0.15) is 39.5 Å². The quantitative estimate of drug-likeness (QED) is 0.562. The normalized spacial score (nSPS) is 11.2. The van der Waals surface area contributed by atoms with E-state index in [-0.39, 0.29) is 11.3 Å². The van der Waals surface area contributed by atoms with Crippen molar-refractivity contribution in [3.8, 4) is 5.75 Å². The number of nitrogens with zero attached hydrogens (tertiary/aromatic N) is 1. The number of methoxy groups -OCH3 is 1. The summed E-state index contributed by atoms with van der Waals surface area (Å²) in [4.78, 5) is 16.9. The molecule has 0 saturated heterocycles. The van der Waals surface area contributed by atoms with Crippen LogP contribution in [-0.4, -0.2) is 23.2 Å². The number of carbonyl (C=O) groups excluding carboxylic acids is 1. The Labute approximate surface area is 141 Å². The minimum absolute atomic E-state index is 0.0345. The number of phenolic OH excluding ortho intramolecular Hbond substituents is 1. The number of phenols is 1. The first-order chi connectivity index (χ1) is 11.4. The molecule has 1 heterocycles. The highest BCUT2D eigenvalue weighted by Gasteiger charge is 2.24. The third-order valence-electron chi connectivity index (χ3n) is 4.76. The molecule has 0 aliphatic heterocycles. The van der Waals surface area contributed by atoms with E-state index < -0.39 is 5.97 Å². The van der Waals surface area contributed by atoms with Crippen LogP contribution in [0.15, 0.2) is 18.2 Å². The van der Waals surface area contributed by atoms with Crippen LogP contribution in [0.2, 0.25) is 0 Å². The monoisotopic (exact) mass is 323 g/mol. The lowest BCUT2D eigenvalue weighted by Gasteiger charge is -2.17. The first kappa shape index (κ1) is 16.2. The fourth-order valence-electron chi connectivity index (χ4n) is 3.36. The van der Waals surface area contributed by atoms with Gasteiger partial charge in [0.2, 0.25) is 0 Å². The predicted octanol–water partition coefficient (Wildman–Crippen LogP) is 4.37. The molecule has 0 radical (unpaired) electrons. The highest BCUT2D eigenvalue weighted by atomic mass is 16.5. The maximum absolute atomic E-state index is 12.2. The van der Waals surface area contributed by atoms with Crippen LogP contribution >= 0.6 is 0 Å². The number of esters is 1. The van der Waals surface area contributed by atoms with E-state index in [9.17, 15) is 9.90 Å². The Morgan fingerprint density at radius 1 is 1.21 bits per heavy atom. The molecule has 0 fully saturated rings. The van der Waals surface area contributed by atoms with Crippen molar-refractivity contribution in [2.75, 3.05) is 7.11 Å². The average Bonchev–Trinajstić information content (AvgIpc) is 2.57. The standard InChI is InChI=1S/C20H21NO3/c1-6-13-14-9-10(2)7-8-15(14)21-18-12(4)11(3)16(20(23)24-5)19(22)17(13)18/h7-9,22H,6H2,1-5H3. The molecule has 0 saturated carbocycles. The van der Waals surface area contributed by atoms with Gasteiger partial charge in [-0.05, 0) is 56.0 Å². The minimum Gasteiger partial charge on any atom is -0.506 e. The van der Waals surface area contributed by atoms with Gasteiger partial charge in [-0.1, -0.05) is 18.6 Å². The summed E-state index contributed by atoms with van der Waals surface area (Å²) in [6, 6.07) is 6.11. The third-order valence-corrected chi connectivity index (χ3v) is 4.76. The van der Waals surface area contributed by atoms with Gasteiger partial charge in [0.15, 0.2) is 0 Å². The summed E-state index contributed by atoms with van der Waals surface area (Å²) in [5.74, 6) is -0.561. The lowest BCUT2D eigenvalue weighted by molar-refractivity contribution is 0.0597. The Hall–Kier alpha value is -2.62. The maximum atomic E-state index is 12.2. The van der Waals surface area contributed by atoms with Gasteiger partial charge < -0.3 is 9.84 Å². The smallest absolute Gasteiger partial charge is 0.341 e. The molecule has 0 aliphatic rings. The summed E-state index contributed by atoms with van der Waals surface area (Å²) in [5.41, 5.74) is 5.60. The molecule has 24 heavy (non-hydrogen) atoms. The van der Waals surface area contributed by atoms with Crippen LogP contribution in [0, 0.1) is 20.8 Å². The molecule has 0 amide bonds. The topological polar surface area (TPSA) is 59.4 Å². The fourth-order valence-corrected chi connectivity index (χ4v) is 3.36. The SMILES string of the molecule is CCc1c2cc(C)ccc2nc2c(C)c(C)c(C(=O)OC)c(O)c12. The number of pyridine rings is 1. The molecule has 1 N–H and O–H groups in total. The van der Waals surface area contributed by atoms with Gasteiger partial charge in [0.05, 0.1) is 18.1 Å². The number of aryl methyl sites for hydroxylation is 3. The van der Waals surface area contributed by atoms with E-state index in [1.165, 1.54) is 7.11 Å². The Morgan fingerprint density at radius 3 is 2.54 bits per heavy atom. The fraction of sp³-hybridized carbons (Fsp3) is 0.300. The van der Waals surface area contributed by atoms with Crippen molar-refractivity contribution < 1.29 is 14.6 Å². The second-order valence-electron chi connectivity index (χ2n) is 6.15. The molecule has 4 heteroatoms. The first-order valence-corrected chi connectivity index (χ1v) is 8.04. The molecule has 4 nitrogen and oxygen atoms in total. The molecule has 0 aliphatic carbocycles. The highest BCUT2D eigenvalue weighted by Crippen LogP contribution is 2.39. The number of carbonyl (C=O) groups is 1. The molecule has 1 aromatic heterocycles. The molecule has 0 bridgehead atoms. The zero-order valence-electron chi connectivity index (χ0n) is 14.7. The van der Waals surface area contributed by atoms with E-state index in [4.69, 9.17) is 9.72 Å². The van der Waals surface area contributed by atoms with Crippen LogP contribution in [0.4, 0.5) is 0 Å². The van der Waals surface area contributed by atoms with Gasteiger partial charge in [-0.3, -0.25) is 0 Å². The van der Waals surface area contributed by atoms with Gasteiger partial charge in [-0.2, -0.15) is 0 Å². The van der Waals surface area contributed by atoms with Crippen LogP contribution in [0.25, 0.3) is 21.8 Å². The Morgan fingerprint density at radius 2 is 1.92 bits per heavy atom.